The van der Waals surface area contributed by atoms with Crippen molar-refractivity contribution in [1.82, 2.24) is 10.4 Å². The van der Waals surface area contributed by atoms with Gasteiger partial charge in [-0.2, -0.15) is 5.10 Å². The molecule has 0 unspecified atom stereocenters. The molecule has 26 heavy (non-hydrogen) atoms. The lowest BCUT2D eigenvalue weighted by Crippen LogP contribution is -2.19. The largest absolute Gasteiger partial charge is 0.272 e. The molecule has 3 rings (SSSR count). The van der Waals surface area contributed by atoms with Gasteiger partial charge in [0.05, 0.1) is 32.6 Å². The van der Waals surface area contributed by atoms with Crippen molar-refractivity contribution in [3.63, 3.8) is 0 Å². The molecule has 0 atom stereocenters. The van der Waals surface area contributed by atoms with Crippen LogP contribution in [0.4, 0.5) is 0 Å². The van der Waals surface area contributed by atoms with Crippen LogP contribution in [-0.2, 0) is 4.79 Å². The number of thioether (sulfide) groups is 1. The third-order valence-corrected chi connectivity index (χ3v) is 5.25. The number of carbonyl (C=O) groups is 1. The molecule has 0 saturated carbocycles. The van der Waals surface area contributed by atoms with Crippen LogP contribution in [0.1, 0.15) is 11.1 Å². The van der Waals surface area contributed by atoms with Crippen LogP contribution in [0.3, 0.4) is 0 Å². The predicted octanol–water partition coefficient (Wildman–Crippen LogP) is 5.09. The van der Waals surface area contributed by atoms with Crippen molar-refractivity contribution < 1.29 is 4.79 Å². The molecule has 0 bridgehead atoms. The fourth-order valence-corrected chi connectivity index (χ4v) is 3.41. The number of carbonyl (C=O) groups excluding carboxylic acids is 1. The van der Waals surface area contributed by atoms with Gasteiger partial charge >= 0.3 is 0 Å². The van der Waals surface area contributed by atoms with E-state index in [0.717, 1.165) is 27.1 Å². The molecule has 3 aromatic rings. The van der Waals surface area contributed by atoms with Crippen molar-refractivity contribution in [3.05, 3.63) is 69.7 Å². The Morgan fingerprint density at radius 1 is 1.19 bits per heavy atom. The number of pyridine rings is 1. The number of nitrogens with zero attached hydrogens (tertiary/aromatic N) is 2. The van der Waals surface area contributed by atoms with E-state index >= 15 is 0 Å². The number of nitrogens with one attached hydrogen (secondary N) is 1. The summed E-state index contributed by atoms with van der Waals surface area (Å²) in [6.45, 7) is 2.04. The van der Waals surface area contributed by atoms with Crippen LogP contribution in [0.25, 0.3) is 10.9 Å². The number of halogens is 2. The number of aromatic nitrogens is 1. The van der Waals surface area contributed by atoms with Gasteiger partial charge in [-0.25, -0.2) is 10.4 Å². The maximum Gasteiger partial charge on any atom is 0.250 e. The molecule has 0 fully saturated rings. The summed E-state index contributed by atoms with van der Waals surface area (Å²) in [4.78, 5) is 16.5. The number of fused-ring (bicyclic) bond motifs is 1. The van der Waals surface area contributed by atoms with E-state index in [1.54, 1.807) is 18.2 Å². The molecular formula is C19H15Cl2N3OS. The number of benzene rings is 2. The van der Waals surface area contributed by atoms with Crippen molar-refractivity contribution in [1.29, 1.82) is 0 Å². The van der Waals surface area contributed by atoms with Crippen molar-refractivity contribution in [3.8, 4) is 0 Å². The number of amides is 1. The highest BCUT2D eigenvalue weighted by Crippen LogP contribution is 2.23. The lowest BCUT2D eigenvalue weighted by Gasteiger charge is -2.05. The molecule has 1 amide bonds. The summed E-state index contributed by atoms with van der Waals surface area (Å²) in [6.07, 6.45) is 1.52. The molecule has 1 N–H and O–H groups in total. The predicted molar refractivity (Wildman–Crippen MR) is 109 cm³/mol. The van der Waals surface area contributed by atoms with E-state index in [2.05, 4.69) is 15.5 Å². The fourth-order valence-electron chi connectivity index (χ4n) is 2.34. The van der Waals surface area contributed by atoms with Gasteiger partial charge in [-0.1, -0.05) is 59.2 Å². The first-order chi connectivity index (χ1) is 12.5. The van der Waals surface area contributed by atoms with E-state index in [9.17, 15) is 4.79 Å². The quantitative estimate of drug-likeness (QED) is 0.366. The molecule has 4 nitrogen and oxygen atoms in total. The summed E-state index contributed by atoms with van der Waals surface area (Å²) in [5.74, 6) is 0.0164. The Hall–Kier alpha value is -2.08. The number of para-hydroxylation sites is 1. The Labute approximate surface area is 165 Å². The van der Waals surface area contributed by atoms with Gasteiger partial charge in [0.15, 0.2) is 0 Å². The fraction of sp³-hybridized carbons (Fsp3) is 0.105. The summed E-state index contributed by atoms with van der Waals surface area (Å²) in [5.41, 5.74) is 5.30. The molecule has 1 aromatic heterocycles. The molecule has 132 valence electrons. The van der Waals surface area contributed by atoms with E-state index < -0.39 is 0 Å². The van der Waals surface area contributed by atoms with Gasteiger partial charge in [0.1, 0.15) is 0 Å². The maximum atomic E-state index is 12.0. The Balaban J connectivity index is 1.57. The number of hydrogen-bond acceptors (Lipinski definition) is 4. The summed E-state index contributed by atoms with van der Waals surface area (Å²) in [5, 5.41) is 6.77. The van der Waals surface area contributed by atoms with Crippen LogP contribution in [-0.4, -0.2) is 22.9 Å². The molecule has 0 radical (unpaired) electrons. The zero-order valence-electron chi connectivity index (χ0n) is 13.9. The molecule has 0 aliphatic carbocycles. The summed E-state index contributed by atoms with van der Waals surface area (Å²) < 4.78 is 0. The highest BCUT2D eigenvalue weighted by Gasteiger charge is 2.06. The smallest absolute Gasteiger partial charge is 0.250 e. The number of hydrazone groups is 1. The zero-order chi connectivity index (χ0) is 18.5. The zero-order valence-corrected chi connectivity index (χ0v) is 16.2. The van der Waals surface area contributed by atoms with Gasteiger partial charge in [0, 0.05) is 5.39 Å². The minimum Gasteiger partial charge on any atom is -0.272 e. The number of aryl methyl sites for hydroxylation is 1. The standard InChI is InChI=1S/C19H15Cl2N3OS/c1-12-8-19(23-17-5-3-2-4-14(12)17)26-11-18(25)24-22-10-13-6-7-15(20)16(21)9-13/h2-10H,11H2,1H3,(H,24,25). The third kappa shape index (κ3) is 4.75. The Kier molecular flexibility index (Phi) is 6.14. The van der Waals surface area contributed by atoms with Gasteiger partial charge in [-0.15, -0.1) is 0 Å². The molecule has 0 aliphatic rings. The summed E-state index contributed by atoms with van der Waals surface area (Å²) in [7, 11) is 0. The minimum absolute atomic E-state index is 0.209. The van der Waals surface area contributed by atoms with E-state index in [1.807, 2.05) is 37.3 Å². The minimum atomic E-state index is -0.209. The Bertz CT molecular complexity index is 992. The Morgan fingerprint density at radius 2 is 2.00 bits per heavy atom. The average Bonchev–Trinajstić information content (AvgIpc) is 2.63. The average molecular weight is 404 g/mol. The topological polar surface area (TPSA) is 54.4 Å². The first kappa shape index (κ1) is 18.7. The lowest BCUT2D eigenvalue weighted by molar-refractivity contribution is -0.118. The monoisotopic (exact) mass is 403 g/mol. The van der Waals surface area contributed by atoms with Crippen LogP contribution < -0.4 is 5.43 Å². The van der Waals surface area contributed by atoms with Crippen molar-refractivity contribution in [2.45, 2.75) is 11.9 Å². The van der Waals surface area contributed by atoms with Crippen molar-refractivity contribution in [2.75, 3.05) is 5.75 Å². The second-order valence-corrected chi connectivity index (χ2v) is 7.36. The van der Waals surface area contributed by atoms with Crippen LogP contribution >= 0.6 is 35.0 Å². The SMILES string of the molecule is Cc1cc(SCC(=O)NN=Cc2ccc(Cl)c(Cl)c2)nc2ccccc12. The van der Waals surface area contributed by atoms with Crippen molar-refractivity contribution in [2.24, 2.45) is 5.10 Å². The second-order valence-electron chi connectivity index (χ2n) is 5.55. The first-order valence-corrected chi connectivity index (χ1v) is 9.53. The number of hydrogen-bond donors (Lipinski definition) is 1. The lowest BCUT2D eigenvalue weighted by atomic mass is 10.1. The molecule has 0 aliphatic heterocycles. The third-order valence-electron chi connectivity index (χ3n) is 3.60. The molecule has 2 aromatic carbocycles. The second kappa shape index (κ2) is 8.54. The molecule has 0 spiro atoms. The highest BCUT2D eigenvalue weighted by molar-refractivity contribution is 7.99. The van der Waals surface area contributed by atoms with Crippen LogP contribution in [0.5, 0.6) is 0 Å². The van der Waals surface area contributed by atoms with E-state index in [-0.39, 0.29) is 11.7 Å². The maximum absolute atomic E-state index is 12.0. The highest BCUT2D eigenvalue weighted by atomic mass is 35.5. The van der Waals surface area contributed by atoms with Gasteiger partial charge in [-0.3, -0.25) is 4.79 Å². The summed E-state index contributed by atoms with van der Waals surface area (Å²) >= 11 is 13.2. The van der Waals surface area contributed by atoms with Gasteiger partial charge in [0.2, 0.25) is 5.91 Å². The normalized spacial score (nSPS) is 11.2. The van der Waals surface area contributed by atoms with E-state index in [1.165, 1.54) is 18.0 Å². The van der Waals surface area contributed by atoms with Crippen molar-refractivity contribution >= 4 is 58.0 Å². The van der Waals surface area contributed by atoms with Gasteiger partial charge in [0.25, 0.3) is 0 Å². The summed E-state index contributed by atoms with van der Waals surface area (Å²) in [6, 6.07) is 15.0. The molecule has 1 heterocycles. The van der Waals surface area contributed by atoms with E-state index in [0.29, 0.717) is 10.0 Å². The Morgan fingerprint density at radius 3 is 2.81 bits per heavy atom. The van der Waals surface area contributed by atoms with Crippen LogP contribution in [0, 0.1) is 6.92 Å². The van der Waals surface area contributed by atoms with E-state index in [4.69, 9.17) is 23.2 Å². The van der Waals surface area contributed by atoms with Crippen LogP contribution in [0.15, 0.2) is 58.7 Å². The molecular weight excluding hydrogens is 389 g/mol. The molecule has 0 saturated heterocycles. The number of rotatable bonds is 5. The first-order valence-electron chi connectivity index (χ1n) is 7.79. The van der Waals surface area contributed by atoms with Gasteiger partial charge < -0.3 is 0 Å². The van der Waals surface area contributed by atoms with Gasteiger partial charge in [-0.05, 0) is 42.3 Å². The molecule has 7 heteroatoms. The van der Waals surface area contributed by atoms with Crippen LogP contribution in [0.2, 0.25) is 10.0 Å².